The fourth-order valence-electron chi connectivity index (χ4n) is 2.54. The lowest BCUT2D eigenvalue weighted by Crippen LogP contribution is -2.40. The number of hydrogen-bond donors (Lipinski definition) is 0. The second kappa shape index (κ2) is 9.31. The zero-order valence-corrected chi connectivity index (χ0v) is 18.6. The predicted molar refractivity (Wildman–Crippen MR) is 107 cm³/mol. The second-order valence-electron chi connectivity index (χ2n) is 6.87. The van der Waals surface area contributed by atoms with Gasteiger partial charge in [0.2, 0.25) is 15.9 Å². The quantitative estimate of drug-likeness (QED) is 0.522. The minimum atomic E-state index is -3.82. The van der Waals surface area contributed by atoms with Crippen LogP contribution in [0.4, 0.5) is 5.82 Å². The van der Waals surface area contributed by atoms with E-state index in [-0.39, 0.29) is 17.3 Å². The Balaban J connectivity index is 2.08. The lowest BCUT2D eigenvalue weighted by atomic mass is 10.3. The maximum atomic E-state index is 12.8. The van der Waals surface area contributed by atoms with Crippen LogP contribution in [0.5, 0.6) is 0 Å². The predicted octanol–water partition coefficient (Wildman–Crippen LogP) is 1.42. The topological polar surface area (TPSA) is 83.0 Å². The number of halogens is 1. The number of likely N-dealkylation sites (N-methyl/N-ethyl adjacent to an activating group) is 2. The average Bonchev–Trinajstić information content (AvgIpc) is 3.42. The SMILES string of the molecule is COCCN(C)C(=O)CN(C)S(=O)(=O)c1cnc(N(C)CC2CC2)c(Br)c1. The van der Waals surface area contributed by atoms with E-state index in [1.165, 1.54) is 37.1 Å². The molecular weight excluding hydrogens is 436 g/mol. The van der Waals surface area contributed by atoms with E-state index >= 15 is 0 Å². The van der Waals surface area contributed by atoms with Crippen molar-refractivity contribution in [3.63, 3.8) is 0 Å². The molecule has 1 aromatic heterocycles. The van der Waals surface area contributed by atoms with Gasteiger partial charge >= 0.3 is 0 Å². The van der Waals surface area contributed by atoms with Gasteiger partial charge in [0.05, 0.1) is 17.6 Å². The maximum absolute atomic E-state index is 12.8. The van der Waals surface area contributed by atoms with Gasteiger partial charge in [-0.3, -0.25) is 4.79 Å². The highest BCUT2D eigenvalue weighted by Crippen LogP contribution is 2.33. The Kier molecular flexibility index (Phi) is 7.61. The molecule has 10 heteroatoms. The highest BCUT2D eigenvalue weighted by molar-refractivity contribution is 9.10. The number of ether oxygens (including phenoxy) is 1. The number of nitrogens with zero attached hydrogens (tertiary/aromatic N) is 4. The van der Waals surface area contributed by atoms with Crippen molar-refractivity contribution in [1.29, 1.82) is 0 Å². The van der Waals surface area contributed by atoms with E-state index in [0.29, 0.717) is 29.4 Å². The van der Waals surface area contributed by atoms with Crippen molar-refractivity contribution in [2.24, 2.45) is 5.92 Å². The van der Waals surface area contributed by atoms with Crippen molar-refractivity contribution in [2.45, 2.75) is 17.7 Å². The van der Waals surface area contributed by atoms with Crippen LogP contribution >= 0.6 is 15.9 Å². The average molecular weight is 463 g/mol. The van der Waals surface area contributed by atoms with Crippen LogP contribution in [0.15, 0.2) is 21.6 Å². The normalized spacial score (nSPS) is 14.4. The Bertz CT molecular complexity index is 770. The number of methoxy groups -OCH3 is 1. The zero-order valence-electron chi connectivity index (χ0n) is 16.2. The number of hydrogen-bond acceptors (Lipinski definition) is 6. The molecule has 0 aromatic carbocycles. The van der Waals surface area contributed by atoms with Gasteiger partial charge < -0.3 is 14.5 Å². The molecule has 27 heavy (non-hydrogen) atoms. The summed E-state index contributed by atoms with van der Waals surface area (Å²) >= 11 is 3.43. The van der Waals surface area contributed by atoms with Crippen LogP contribution in [0, 0.1) is 5.92 Å². The van der Waals surface area contributed by atoms with E-state index in [1.54, 1.807) is 14.2 Å². The van der Waals surface area contributed by atoms with Gasteiger partial charge in [-0.15, -0.1) is 0 Å². The van der Waals surface area contributed by atoms with E-state index in [4.69, 9.17) is 4.74 Å². The van der Waals surface area contributed by atoms with Crippen LogP contribution in [0.1, 0.15) is 12.8 Å². The van der Waals surface area contributed by atoms with Crippen LogP contribution in [0.2, 0.25) is 0 Å². The van der Waals surface area contributed by atoms with Crippen molar-refractivity contribution in [1.82, 2.24) is 14.2 Å². The van der Waals surface area contributed by atoms with Gasteiger partial charge in [-0.25, -0.2) is 13.4 Å². The molecular formula is C17H27BrN4O4S. The molecule has 0 radical (unpaired) electrons. The second-order valence-corrected chi connectivity index (χ2v) is 9.77. The van der Waals surface area contributed by atoms with Crippen molar-refractivity contribution >= 4 is 37.7 Å². The molecule has 1 amide bonds. The van der Waals surface area contributed by atoms with Gasteiger partial charge in [-0.2, -0.15) is 4.31 Å². The number of pyridine rings is 1. The van der Waals surface area contributed by atoms with E-state index < -0.39 is 10.0 Å². The summed E-state index contributed by atoms with van der Waals surface area (Å²) in [5.74, 6) is 1.10. The van der Waals surface area contributed by atoms with Gasteiger partial charge in [0.1, 0.15) is 10.7 Å². The molecule has 1 heterocycles. The number of carbonyl (C=O) groups is 1. The molecule has 0 N–H and O–H groups in total. The summed E-state index contributed by atoms with van der Waals surface area (Å²) in [6, 6.07) is 1.54. The Hall–Kier alpha value is -1.23. The summed E-state index contributed by atoms with van der Waals surface area (Å²) in [5.41, 5.74) is 0. The number of carbonyl (C=O) groups excluding carboxylic acids is 1. The van der Waals surface area contributed by atoms with Crippen molar-refractivity contribution in [2.75, 3.05) is 59.4 Å². The fraction of sp³-hybridized carbons (Fsp3) is 0.647. The molecule has 8 nitrogen and oxygen atoms in total. The molecule has 1 fully saturated rings. The van der Waals surface area contributed by atoms with Crippen molar-refractivity contribution in [3.05, 3.63) is 16.7 Å². The highest BCUT2D eigenvalue weighted by atomic mass is 79.9. The third-order valence-corrected chi connectivity index (χ3v) is 6.86. The highest BCUT2D eigenvalue weighted by Gasteiger charge is 2.27. The summed E-state index contributed by atoms with van der Waals surface area (Å²) in [6.07, 6.45) is 3.80. The molecule has 1 aromatic rings. The summed E-state index contributed by atoms with van der Waals surface area (Å²) in [5, 5.41) is 0. The third kappa shape index (κ3) is 5.87. The lowest BCUT2D eigenvalue weighted by molar-refractivity contribution is -0.130. The van der Waals surface area contributed by atoms with Crippen LogP contribution < -0.4 is 4.90 Å². The summed E-state index contributed by atoms with van der Waals surface area (Å²) in [6.45, 7) is 1.45. The molecule has 1 aliphatic rings. The molecule has 0 atom stereocenters. The Morgan fingerprint density at radius 3 is 2.56 bits per heavy atom. The van der Waals surface area contributed by atoms with Crippen molar-refractivity contribution < 1.29 is 17.9 Å². The number of anilines is 1. The summed E-state index contributed by atoms with van der Waals surface area (Å²) < 4.78 is 32.1. The van der Waals surface area contributed by atoms with Gasteiger partial charge in [0.15, 0.2) is 0 Å². The first-order chi connectivity index (χ1) is 12.7. The van der Waals surface area contributed by atoms with Crippen LogP contribution in [-0.2, 0) is 19.6 Å². The maximum Gasteiger partial charge on any atom is 0.244 e. The molecule has 0 unspecified atom stereocenters. The monoisotopic (exact) mass is 462 g/mol. The number of rotatable bonds is 10. The van der Waals surface area contributed by atoms with E-state index in [0.717, 1.165) is 10.8 Å². The van der Waals surface area contributed by atoms with Crippen LogP contribution in [-0.4, -0.2) is 83.0 Å². The molecule has 0 aliphatic heterocycles. The molecule has 0 bridgehead atoms. The lowest BCUT2D eigenvalue weighted by Gasteiger charge is -2.23. The van der Waals surface area contributed by atoms with E-state index in [1.807, 2.05) is 11.9 Å². The summed E-state index contributed by atoms with van der Waals surface area (Å²) in [7, 11) is 2.67. The van der Waals surface area contributed by atoms with E-state index in [2.05, 4.69) is 20.9 Å². The molecule has 2 rings (SSSR count). The van der Waals surface area contributed by atoms with E-state index in [9.17, 15) is 13.2 Å². The van der Waals surface area contributed by atoms with Crippen LogP contribution in [0.3, 0.4) is 0 Å². The fourth-order valence-corrected chi connectivity index (χ4v) is 4.43. The van der Waals surface area contributed by atoms with Crippen LogP contribution in [0.25, 0.3) is 0 Å². The Morgan fingerprint density at radius 1 is 1.33 bits per heavy atom. The first-order valence-electron chi connectivity index (χ1n) is 8.72. The molecule has 152 valence electrons. The molecule has 1 aliphatic carbocycles. The minimum absolute atomic E-state index is 0.0489. The molecule has 0 saturated heterocycles. The van der Waals surface area contributed by atoms with Gasteiger partial charge in [0, 0.05) is 47.5 Å². The van der Waals surface area contributed by atoms with Gasteiger partial charge in [0.25, 0.3) is 0 Å². The number of sulfonamides is 1. The number of aromatic nitrogens is 1. The first-order valence-corrected chi connectivity index (χ1v) is 11.0. The Morgan fingerprint density at radius 2 is 2.00 bits per heavy atom. The standard InChI is InChI=1S/C17H27BrN4O4S/c1-20(7-8-26-4)16(23)12-22(3)27(24,25)14-9-15(18)17(19-10-14)21(2)11-13-5-6-13/h9-10,13H,5-8,11-12H2,1-4H3. The zero-order chi connectivity index (χ0) is 20.2. The Labute approximate surface area is 169 Å². The molecule has 1 saturated carbocycles. The van der Waals surface area contributed by atoms with Crippen molar-refractivity contribution in [3.8, 4) is 0 Å². The molecule has 0 spiro atoms. The minimum Gasteiger partial charge on any atom is -0.383 e. The van der Waals surface area contributed by atoms with Gasteiger partial charge in [-0.05, 0) is 40.8 Å². The smallest absolute Gasteiger partial charge is 0.244 e. The first kappa shape index (κ1) is 22.1. The number of amides is 1. The summed E-state index contributed by atoms with van der Waals surface area (Å²) in [4.78, 5) is 20.0. The third-order valence-electron chi connectivity index (χ3n) is 4.51. The largest absolute Gasteiger partial charge is 0.383 e. The van der Waals surface area contributed by atoms with Gasteiger partial charge in [-0.1, -0.05) is 0 Å².